The first kappa shape index (κ1) is 23.5. The van der Waals surface area contributed by atoms with E-state index in [-0.39, 0.29) is 17.2 Å². The van der Waals surface area contributed by atoms with Crippen molar-refractivity contribution in [3.8, 4) is 21.6 Å². The third-order valence-corrected chi connectivity index (χ3v) is 7.35. The summed E-state index contributed by atoms with van der Waals surface area (Å²) in [6.45, 7) is 7.34. The smallest absolute Gasteiger partial charge is 0.306 e. The molecule has 7 heteroatoms. The third-order valence-electron chi connectivity index (χ3n) is 6.07. The van der Waals surface area contributed by atoms with E-state index in [9.17, 15) is 9.59 Å². The van der Waals surface area contributed by atoms with Gasteiger partial charge in [-0.1, -0.05) is 38.4 Å². The van der Waals surface area contributed by atoms with E-state index in [1.165, 1.54) is 0 Å². The number of carbonyl (C=O) groups is 2. The molecule has 1 N–H and O–H groups in total. The normalized spacial score (nSPS) is 15.0. The first-order chi connectivity index (χ1) is 15.6. The first-order valence-electron chi connectivity index (χ1n) is 11.0. The predicted molar refractivity (Wildman–Crippen MR) is 133 cm³/mol. The molecule has 0 saturated carbocycles. The van der Waals surface area contributed by atoms with Crippen LogP contribution >= 0.6 is 22.9 Å². The van der Waals surface area contributed by atoms with Crippen LogP contribution in [-0.4, -0.2) is 40.0 Å². The van der Waals surface area contributed by atoms with Gasteiger partial charge in [-0.05, 0) is 59.7 Å². The second kappa shape index (κ2) is 9.27. The molecule has 172 valence electrons. The number of hydrogen-bond acceptors (Lipinski definition) is 4. The van der Waals surface area contributed by atoms with Gasteiger partial charge in [-0.25, -0.2) is 0 Å². The summed E-state index contributed by atoms with van der Waals surface area (Å²) >= 11 is 8.21. The van der Waals surface area contributed by atoms with Crippen LogP contribution in [0.25, 0.3) is 21.6 Å². The summed E-state index contributed by atoms with van der Waals surface area (Å²) in [6, 6.07) is 11.7. The van der Waals surface area contributed by atoms with Gasteiger partial charge in [0.2, 0.25) is 0 Å². The molecule has 5 nitrogen and oxygen atoms in total. The molecule has 1 aliphatic rings. The van der Waals surface area contributed by atoms with Crippen molar-refractivity contribution in [1.29, 1.82) is 0 Å². The van der Waals surface area contributed by atoms with Crippen LogP contribution < -0.4 is 0 Å². The standard InChI is InChI=1S/C26H27ClN2O3S/c1-26(2,3)23-14-17(6-9-28-23)19-13-22(33-15-19)20-5-4-18(12-21(20)27)24(30)29-10-7-16(8-11-29)25(31)32/h4-6,9,12-16H,7-8,10-11H2,1-3H3,(H,31,32). The van der Waals surface area contributed by atoms with E-state index < -0.39 is 5.97 Å². The summed E-state index contributed by atoms with van der Waals surface area (Å²) in [4.78, 5) is 31.3. The van der Waals surface area contributed by atoms with Crippen LogP contribution in [0.15, 0.2) is 48.0 Å². The van der Waals surface area contributed by atoms with Gasteiger partial charge >= 0.3 is 5.97 Å². The van der Waals surface area contributed by atoms with Crippen LogP contribution in [-0.2, 0) is 10.2 Å². The zero-order chi connectivity index (χ0) is 23.8. The lowest BCUT2D eigenvalue weighted by molar-refractivity contribution is -0.143. The predicted octanol–water partition coefficient (Wildman–Crippen LogP) is 6.36. The van der Waals surface area contributed by atoms with Gasteiger partial charge in [0.25, 0.3) is 5.91 Å². The van der Waals surface area contributed by atoms with Crippen molar-refractivity contribution in [2.75, 3.05) is 13.1 Å². The molecular formula is C26H27ClN2O3S. The number of halogens is 1. The number of amides is 1. The van der Waals surface area contributed by atoms with Crippen molar-refractivity contribution in [3.63, 3.8) is 0 Å². The molecule has 0 bridgehead atoms. The molecule has 1 fully saturated rings. The number of pyridine rings is 1. The Balaban J connectivity index is 1.52. The van der Waals surface area contributed by atoms with E-state index in [1.807, 2.05) is 18.3 Å². The Hall–Kier alpha value is -2.70. The molecule has 1 amide bonds. The zero-order valence-electron chi connectivity index (χ0n) is 19.0. The van der Waals surface area contributed by atoms with Crippen molar-refractivity contribution in [3.05, 3.63) is 64.3 Å². The van der Waals surface area contributed by atoms with Crippen LogP contribution in [0.2, 0.25) is 5.02 Å². The number of carboxylic acid groups (broad SMARTS) is 1. The number of carboxylic acids is 1. The Morgan fingerprint density at radius 2 is 1.82 bits per heavy atom. The van der Waals surface area contributed by atoms with E-state index in [4.69, 9.17) is 16.7 Å². The fourth-order valence-electron chi connectivity index (χ4n) is 4.01. The number of aromatic nitrogens is 1. The average Bonchev–Trinajstić information content (AvgIpc) is 3.28. The Morgan fingerprint density at radius 1 is 1.09 bits per heavy atom. The number of benzene rings is 1. The largest absolute Gasteiger partial charge is 0.481 e. The van der Waals surface area contributed by atoms with Crippen molar-refractivity contribution < 1.29 is 14.7 Å². The van der Waals surface area contributed by atoms with E-state index in [2.05, 4.69) is 43.3 Å². The number of aliphatic carboxylic acids is 1. The van der Waals surface area contributed by atoms with Gasteiger partial charge in [0.1, 0.15) is 0 Å². The second-order valence-electron chi connectivity index (χ2n) is 9.48. The van der Waals surface area contributed by atoms with Crippen LogP contribution in [0.1, 0.15) is 49.7 Å². The minimum Gasteiger partial charge on any atom is -0.481 e. The Bertz CT molecular complexity index is 1190. The fraction of sp³-hybridized carbons (Fsp3) is 0.346. The lowest BCUT2D eigenvalue weighted by Crippen LogP contribution is -2.40. The van der Waals surface area contributed by atoms with Gasteiger partial charge in [-0.2, -0.15) is 0 Å². The molecule has 1 saturated heterocycles. The molecule has 0 spiro atoms. The number of thiophene rings is 1. The maximum atomic E-state index is 12.9. The zero-order valence-corrected chi connectivity index (χ0v) is 20.5. The van der Waals surface area contributed by atoms with Crippen LogP contribution in [0, 0.1) is 5.92 Å². The van der Waals surface area contributed by atoms with Crippen LogP contribution in [0.5, 0.6) is 0 Å². The Morgan fingerprint density at radius 3 is 2.45 bits per heavy atom. The minimum atomic E-state index is -0.786. The lowest BCUT2D eigenvalue weighted by Gasteiger charge is -2.30. The topological polar surface area (TPSA) is 70.5 Å². The summed E-state index contributed by atoms with van der Waals surface area (Å²) in [5.74, 6) is -1.26. The summed E-state index contributed by atoms with van der Waals surface area (Å²) in [5.41, 5.74) is 4.66. The molecule has 0 unspecified atom stereocenters. The highest BCUT2D eigenvalue weighted by Crippen LogP contribution is 2.37. The minimum absolute atomic E-state index is 0.0244. The van der Waals surface area contributed by atoms with Gasteiger partial charge in [0, 0.05) is 46.4 Å². The van der Waals surface area contributed by atoms with Gasteiger partial charge < -0.3 is 10.0 Å². The molecule has 0 aliphatic carbocycles. The van der Waals surface area contributed by atoms with E-state index in [1.54, 1.807) is 28.4 Å². The number of rotatable bonds is 4. The maximum absolute atomic E-state index is 12.9. The fourth-order valence-corrected chi connectivity index (χ4v) is 5.31. The molecule has 3 aromatic rings. The Labute approximate surface area is 203 Å². The molecule has 0 atom stereocenters. The van der Waals surface area contributed by atoms with Gasteiger partial charge in [0.15, 0.2) is 0 Å². The highest BCUT2D eigenvalue weighted by Gasteiger charge is 2.27. The lowest BCUT2D eigenvalue weighted by atomic mass is 9.90. The summed E-state index contributed by atoms with van der Waals surface area (Å²) < 4.78 is 0. The number of nitrogens with zero attached hydrogens (tertiary/aromatic N) is 2. The van der Waals surface area contributed by atoms with E-state index in [0.29, 0.717) is 36.5 Å². The van der Waals surface area contributed by atoms with Crippen molar-refractivity contribution in [1.82, 2.24) is 9.88 Å². The number of hydrogen-bond donors (Lipinski definition) is 1. The molecule has 0 radical (unpaired) electrons. The first-order valence-corrected chi connectivity index (χ1v) is 12.3. The quantitative estimate of drug-likeness (QED) is 0.469. The third kappa shape index (κ3) is 5.12. The SMILES string of the molecule is CC(C)(C)c1cc(-c2csc(-c3ccc(C(=O)N4CCC(C(=O)O)CC4)cc3Cl)c2)ccn1. The van der Waals surface area contributed by atoms with E-state index >= 15 is 0 Å². The number of piperidine rings is 1. The van der Waals surface area contributed by atoms with Crippen LogP contribution in [0.4, 0.5) is 0 Å². The highest BCUT2D eigenvalue weighted by molar-refractivity contribution is 7.14. The summed E-state index contributed by atoms with van der Waals surface area (Å²) in [7, 11) is 0. The summed E-state index contributed by atoms with van der Waals surface area (Å²) in [6.07, 6.45) is 2.81. The monoisotopic (exact) mass is 482 g/mol. The molecule has 3 heterocycles. The molecule has 4 rings (SSSR count). The van der Waals surface area contributed by atoms with Gasteiger partial charge in [-0.15, -0.1) is 11.3 Å². The molecule has 1 aliphatic heterocycles. The Kier molecular flexibility index (Phi) is 6.59. The van der Waals surface area contributed by atoms with Gasteiger partial charge in [0.05, 0.1) is 10.9 Å². The molecular weight excluding hydrogens is 456 g/mol. The average molecular weight is 483 g/mol. The van der Waals surface area contributed by atoms with Gasteiger partial charge in [-0.3, -0.25) is 14.6 Å². The molecule has 33 heavy (non-hydrogen) atoms. The number of likely N-dealkylation sites (tertiary alicyclic amines) is 1. The van der Waals surface area contributed by atoms with Crippen molar-refractivity contribution in [2.24, 2.45) is 5.92 Å². The highest BCUT2D eigenvalue weighted by atomic mass is 35.5. The maximum Gasteiger partial charge on any atom is 0.306 e. The second-order valence-corrected chi connectivity index (χ2v) is 10.8. The number of carbonyl (C=O) groups excluding carboxylic acids is 1. The van der Waals surface area contributed by atoms with Crippen LogP contribution in [0.3, 0.4) is 0 Å². The molecule has 1 aromatic carbocycles. The van der Waals surface area contributed by atoms with Crippen molar-refractivity contribution in [2.45, 2.75) is 39.0 Å². The van der Waals surface area contributed by atoms with Crippen molar-refractivity contribution >= 4 is 34.8 Å². The molecule has 2 aromatic heterocycles. The summed E-state index contributed by atoms with van der Waals surface area (Å²) in [5, 5.41) is 11.8. The van der Waals surface area contributed by atoms with E-state index in [0.717, 1.165) is 27.3 Å².